The van der Waals surface area contributed by atoms with Crippen molar-refractivity contribution in [3.8, 4) is 0 Å². The summed E-state index contributed by atoms with van der Waals surface area (Å²) in [4.78, 5) is 30.1. The zero-order valence-corrected chi connectivity index (χ0v) is 15.7. The Kier molecular flexibility index (Phi) is 4.95. The molecule has 0 saturated carbocycles. The zero-order valence-electron chi connectivity index (χ0n) is 15.7. The molecule has 2 aliphatic rings. The Hall–Kier alpha value is -3.00. The van der Waals surface area contributed by atoms with E-state index in [0.29, 0.717) is 36.2 Å². The number of hydrogen-bond acceptors (Lipinski definition) is 6. The molecule has 28 heavy (non-hydrogen) atoms. The van der Waals surface area contributed by atoms with E-state index in [4.69, 9.17) is 0 Å². The maximum atomic E-state index is 12.9. The van der Waals surface area contributed by atoms with Gasteiger partial charge in [0.2, 0.25) is 0 Å². The van der Waals surface area contributed by atoms with Gasteiger partial charge in [0.05, 0.1) is 16.7 Å². The molecule has 3 heterocycles. The Balaban J connectivity index is 1.53. The number of carbonyl (C=O) groups excluding carboxylic acids is 1. The monoisotopic (exact) mass is 381 g/mol. The highest BCUT2D eigenvalue weighted by Gasteiger charge is 2.38. The number of likely N-dealkylation sites (tertiary alicyclic amines) is 1. The first-order valence-electron chi connectivity index (χ1n) is 9.49. The molecule has 1 amide bonds. The van der Waals surface area contributed by atoms with E-state index in [1.54, 1.807) is 18.3 Å². The fraction of sp³-hybridized carbons (Fsp3) is 0.400. The highest BCUT2D eigenvalue weighted by atomic mass is 16.6. The van der Waals surface area contributed by atoms with E-state index in [-0.39, 0.29) is 17.6 Å². The Bertz CT molecular complexity index is 877. The van der Waals surface area contributed by atoms with Gasteiger partial charge >= 0.3 is 0 Å². The number of carbonyl (C=O) groups is 1. The van der Waals surface area contributed by atoms with E-state index in [2.05, 4.69) is 15.6 Å². The van der Waals surface area contributed by atoms with Crippen molar-refractivity contribution < 1.29 is 9.72 Å². The first-order chi connectivity index (χ1) is 13.5. The van der Waals surface area contributed by atoms with Crippen LogP contribution >= 0.6 is 0 Å². The van der Waals surface area contributed by atoms with Crippen molar-refractivity contribution in [2.24, 2.45) is 11.8 Å². The van der Waals surface area contributed by atoms with Gasteiger partial charge in [-0.2, -0.15) is 0 Å². The normalized spacial score (nSPS) is 22.0. The molecule has 2 fully saturated rings. The van der Waals surface area contributed by atoms with Crippen LogP contribution in [0.15, 0.2) is 42.6 Å². The summed E-state index contributed by atoms with van der Waals surface area (Å²) in [6, 6.07) is 10.0. The Labute approximate surface area is 163 Å². The topological polar surface area (TPSA) is 100 Å². The van der Waals surface area contributed by atoms with Crippen LogP contribution in [-0.4, -0.2) is 46.9 Å². The Morgan fingerprint density at radius 2 is 2.04 bits per heavy atom. The minimum absolute atomic E-state index is 0.102. The van der Waals surface area contributed by atoms with Crippen molar-refractivity contribution in [3.05, 3.63) is 64.0 Å². The van der Waals surface area contributed by atoms with Crippen LogP contribution in [0.25, 0.3) is 0 Å². The van der Waals surface area contributed by atoms with Crippen LogP contribution in [0.5, 0.6) is 0 Å². The largest absolute Gasteiger partial charge is 0.371 e. The molecule has 4 rings (SSSR count). The summed E-state index contributed by atoms with van der Waals surface area (Å²) in [6.07, 6.45) is 1.69. The van der Waals surface area contributed by atoms with Gasteiger partial charge in [-0.1, -0.05) is 6.07 Å². The van der Waals surface area contributed by atoms with Crippen molar-refractivity contribution in [1.82, 2.24) is 15.2 Å². The number of nitrogens with one attached hydrogen (secondary N) is 2. The molecule has 0 aliphatic carbocycles. The van der Waals surface area contributed by atoms with Gasteiger partial charge in [-0.25, -0.2) is 0 Å². The molecular weight excluding hydrogens is 358 g/mol. The number of anilines is 1. The van der Waals surface area contributed by atoms with Crippen LogP contribution < -0.4 is 10.6 Å². The lowest BCUT2D eigenvalue weighted by Gasteiger charge is -2.19. The third-order valence-electron chi connectivity index (χ3n) is 5.62. The molecule has 8 heteroatoms. The average Bonchev–Trinajstić information content (AvgIpc) is 3.30. The number of nitro groups is 1. The summed E-state index contributed by atoms with van der Waals surface area (Å²) in [5.41, 5.74) is 1.42. The molecule has 2 saturated heterocycles. The molecule has 146 valence electrons. The predicted molar refractivity (Wildman–Crippen MR) is 105 cm³/mol. The summed E-state index contributed by atoms with van der Waals surface area (Å²) in [5.74, 6) is 0.833. The van der Waals surface area contributed by atoms with Crippen molar-refractivity contribution >= 4 is 17.3 Å². The molecule has 8 nitrogen and oxygen atoms in total. The molecule has 1 aromatic heterocycles. The molecule has 0 radical (unpaired) electrons. The molecule has 2 aromatic rings. The maximum Gasteiger partial charge on any atom is 0.293 e. The summed E-state index contributed by atoms with van der Waals surface area (Å²) < 4.78 is 0. The fourth-order valence-electron chi connectivity index (χ4n) is 4.08. The van der Waals surface area contributed by atoms with E-state index < -0.39 is 4.92 Å². The van der Waals surface area contributed by atoms with Gasteiger partial charge in [0.1, 0.15) is 5.69 Å². The number of amides is 1. The Morgan fingerprint density at radius 1 is 1.29 bits per heavy atom. The number of benzene rings is 1. The zero-order chi connectivity index (χ0) is 19.7. The van der Waals surface area contributed by atoms with Gasteiger partial charge in [0, 0.05) is 44.0 Å². The molecule has 2 aliphatic heterocycles. The molecule has 1 unspecified atom stereocenters. The van der Waals surface area contributed by atoms with Gasteiger partial charge in [-0.15, -0.1) is 0 Å². The maximum absolute atomic E-state index is 12.9. The van der Waals surface area contributed by atoms with Crippen molar-refractivity contribution in [2.45, 2.75) is 13.0 Å². The number of pyridine rings is 1. The third kappa shape index (κ3) is 3.55. The van der Waals surface area contributed by atoms with Crippen LogP contribution in [0, 0.1) is 22.0 Å². The fourth-order valence-corrected chi connectivity index (χ4v) is 4.08. The highest BCUT2D eigenvalue weighted by molar-refractivity contribution is 5.96. The summed E-state index contributed by atoms with van der Waals surface area (Å²) in [6.45, 7) is 5.18. The average molecular weight is 381 g/mol. The molecular formula is C20H23N5O3. The van der Waals surface area contributed by atoms with Gasteiger partial charge in [-0.3, -0.25) is 19.9 Å². The molecule has 1 aromatic carbocycles. The van der Waals surface area contributed by atoms with Gasteiger partial charge in [0.25, 0.3) is 11.6 Å². The lowest BCUT2D eigenvalue weighted by atomic mass is 10.0. The van der Waals surface area contributed by atoms with Crippen LogP contribution in [-0.2, 0) is 0 Å². The second-order valence-corrected chi connectivity index (χ2v) is 7.50. The van der Waals surface area contributed by atoms with Crippen molar-refractivity contribution in [2.75, 3.05) is 31.5 Å². The lowest BCUT2D eigenvalue weighted by Crippen LogP contribution is -2.31. The molecule has 0 spiro atoms. The number of rotatable bonds is 5. The first-order valence-corrected chi connectivity index (χ1v) is 9.49. The SMILES string of the molecule is CC(Nc1ccc(C(=O)N2C[C@H]3CNC[C@H]3C2)cc1[N+](=O)[O-])c1ccccn1. The van der Waals surface area contributed by atoms with E-state index in [9.17, 15) is 14.9 Å². The van der Waals surface area contributed by atoms with Crippen molar-refractivity contribution in [3.63, 3.8) is 0 Å². The number of hydrogen-bond donors (Lipinski definition) is 2. The second kappa shape index (κ2) is 7.55. The smallest absolute Gasteiger partial charge is 0.293 e. The number of nitrogens with zero attached hydrogens (tertiary/aromatic N) is 3. The van der Waals surface area contributed by atoms with Crippen LogP contribution in [0.2, 0.25) is 0 Å². The molecule has 3 atom stereocenters. The van der Waals surface area contributed by atoms with E-state index in [1.807, 2.05) is 30.0 Å². The number of fused-ring (bicyclic) bond motifs is 1. The summed E-state index contributed by atoms with van der Waals surface area (Å²) in [7, 11) is 0. The van der Waals surface area contributed by atoms with Gasteiger partial charge in [0.15, 0.2) is 0 Å². The van der Waals surface area contributed by atoms with Crippen molar-refractivity contribution in [1.29, 1.82) is 0 Å². The molecule has 0 bridgehead atoms. The third-order valence-corrected chi connectivity index (χ3v) is 5.62. The van der Waals surface area contributed by atoms with Crippen LogP contribution in [0.1, 0.15) is 29.0 Å². The van der Waals surface area contributed by atoms with Gasteiger partial charge in [-0.05, 0) is 43.0 Å². The summed E-state index contributed by atoms with van der Waals surface area (Å²) in [5, 5.41) is 18.1. The van der Waals surface area contributed by atoms with Crippen LogP contribution in [0.4, 0.5) is 11.4 Å². The molecule has 2 N–H and O–H groups in total. The number of nitro benzene ring substituents is 1. The van der Waals surface area contributed by atoms with Gasteiger partial charge < -0.3 is 15.5 Å². The highest BCUT2D eigenvalue weighted by Crippen LogP contribution is 2.31. The quantitative estimate of drug-likeness (QED) is 0.610. The standard InChI is InChI=1S/C20H23N5O3/c1-13(17-4-2-3-7-22-17)23-18-6-5-14(8-19(18)25(27)28)20(26)24-11-15-9-21-10-16(15)12-24/h2-8,13,15-16,21,23H,9-12H2,1H3/t13?,15-,16+. The minimum atomic E-state index is -0.451. The number of aromatic nitrogens is 1. The lowest BCUT2D eigenvalue weighted by molar-refractivity contribution is -0.384. The first kappa shape index (κ1) is 18.4. The Morgan fingerprint density at radius 3 is 2.68 bits per heavy atom. The minimum Gasteiger partial charge on any atom is -0.371 e. The summed E-state index contributed by atoms with van der Waals surface area (Å²) >= 11 is 0. The van der Waals surface area contributed by atoms with E-state index >= 15 is 0 Å². The van der Waals surface area contributed by atoms with Crippen LogP contribution in [0.3, 0.4) is 0 Å². The van der Waals surface area contributed by atoms with E-state index in [0.717, 1.165) is 18.8 Å². The predicted octanol–water partition coefficient (Wildman–Crippen LogP) is 2.45. The van der Waals surface area contributed by atoms with E-state index in [1.165, 1.54) is 6.07 Å². The second-order valence-electron chi connectivity index (χ2n) is 7.50.